The Morgan fingerprint density at radius 3 is 2.59 bits per heavy atom. The second-order valence-electron chi connectivity index (χ2n) is 6.93. The van der Waals surface area contributed by atoms with E-state index < -0.39 is 0 Å². The highest BCUT2D eigenvalue weighted by molar-refractivity contribution is 7.98. The van der Waals surface area contributed by atoms with Gasteiger partial charge in [0.05, 0.1) is 12.2 Å². The Bertz CT molecular complexity index is 976. The van der Waals surface area contributed by atoms with Crippen LogP contribution in [0, 0.1) is 0 Å². The maximum atomic E-state index is 12.4. The van der Waals surface area contributed by atoms with Crippen molar-refractivity contribution in [1.82, 2.24) is 14.9 Å². The number of aromatic nitrogens is 2. The Balaban J connectivity index is 1.53. The van der Waals surface area contributed by atoms with E-state index in [9.17, 15) is 9.59 Å². The molecule has 1 aromatic carbocycles. The number of hydrogen-bond acceptors (Lipinski definition) is 5. The fourth-order valence-corrected chi connectivity index (χ4v) is 3.49. The third-order valence-electron chi connectivity index (χ3n) is 4.03. The van der Waals surface area contributed by atoms with E-state index >= 15 is 0 Å². The van der Waals surface area contributed by atoms with Gasteiger partial charge in [0.15, 0.2) is 10.9 Å². The van der Waals surface area contributed by atoms with Crippen LogP contribution in [-0.2, 0) is 24.0 Å². The average Bonchev–Trinajstić information content (AvgIpc) is 3.30. The highest BCUT2D eigenvalue weighted by Crippen LogP contribution is 2.22. The smallest absolute Gasteiger partial charge is 0.291 e. The number of anilines is 1. The fraction of sp³-hybridized carbons (Fsp3) is 0.286. The van der Waals surface area contributed by atoms with E-state index in [0.717, 1.165) is 10.7 Å². The monoisotopic (exact) mass is 412 g/mol. The summed E-state index contributed by atoms with van der Waals surface area (Å²) in [6.45, 7) is 3.85. The summed E-state index contributed by atoms with van der Waals surface area (Å²) in [5.74, 6) is 1.20. The SMILES string of the molecule is CC(C)NC(=O)Cc1ccc(NC(=O)c2ccc(CSc3nccn3C)o2)cc1. The van der Waals surface area contributed by atoms with Gasteiger partial charge in [0.1, 0.15) is 5.76 Å². The lowest BCUT2D eigenvalue weighted by molar-refractivity contribution is -0.120. The lowest BCUT2D eigenvalue weighted by Gasteiger charge is -2.09. The van der Waals surface area contributed by atoms with Crippen LogP contribution < -0.4 is 10.6 Å². The van der Waals surface area contributed by atoms with Crippen molar-refractivity contribution in [2.75, 3.05) is 5.32 Å². The van der Waals surface area contributed by atoms with Gasteiger partial charge in [0, 0.05) is 31.2 Å². The van der Waals surface area contributed by atoms with Gasteiger partial charge in [0.2, 0.25) is 5.91 Å². The number of benzene rings is 1. The van der Waals surface area contributed by atoms with Crippen LogP contribution in [0.25, 0.3) is 0 Å². The van der Waals surface area contributed by atoms with Crippen molar-refractivity contribution in [2.24, 2.45) is 7.05 Å². The van der Waals surface area contributed by atoms with Crippen LogP contribution in [0.1, 0.15) is 35.7 Å². The van der Waals surface area contributed by atoms with Crippen molar-refractivity contribution in [2.45, 2.75) is 37.2 Å². The Kier molecular flexibility index (Phi) is 6.77. The number of imidazole rings is 1. The standard InChI is InChI=1S/C21H24N4O3S/c1-14(2)23-19(26)12-15-4-6-16(7-5-15)24-20(27)18-9-8-17(28-18)13-29-21-22-10-11-25(21)3/h4-11,14H,12-13H2,1-3H3,(H,23,26)(H,24,27). The van der Waals surface area contributed by atoms with E-state index in [1.54, 1.807) is 30.5 Å². The predicted molar refractivity (Wildman–Crippen MR) is 113 cm³/mol. The average molecular weight is 413 g/mol. The number of carbonyl (C=O) groups excluding carboxylic acids is 2. The summed E-state index contributed by atoms with van der Waals surface area (Å²) in [6, 6.07) is 10.8. The molecule has 0 aliphatic heterocycles. The molecule has 0 bridgehead atoms. The Morgan fingerprint density at radius 2 is 1.93 bits per heavy atom. The molecular weight excluding hydrogens is 388 g/mol. The van der Waals surface area contributed by atoms with E-state index in [4.69, 9.17) is 4.42 Å². The molecule has 0 atom stereocenters. The first-order chi connectivity index (χ1) is 13.9. The van der Waals surface area contributed by atoms with Gasteiger partial charge >= 0.3 is 0 Å². The number of rotatable bonds is 8. The normalized spacial score (nSPS) is 10.9. The first kappa shape index (κ1) is 20.7. The number of nitrogens with one attached hydrogen (secondary N) is 2. The third-order valence-corrected chi connectivity index (χ3v) is 5.11. The van der Waals surface area contributed by atoms with Gasteiger partial charge in [0.25, 0.3) is 5.91 Å². The lowest BCUT2D eigenvalue weighted by Crippen LogP contribution is -2.31. The fourth-order valence-electron chi connectivity index (χ4n) is 2.66. The van der Waals surface area contributed by atoms with Crippen LogP contribution in [0.5, 0.6) is 0 Å². The first-order valence-corrected chi connectivity index (χ1v) is 10.3. The van der Waals surface area contributed by atoms with Crippen molar-refractivity contribution in [3.05, 3.63) is 65.9 Å². The maximum absolute atomic E-state index is 12.4. The molecule has 3 aromatic rings. The van der Waals surface area contributed by atoms with Gasteiger partial charge in [-0.05, 0) is 43.7 Å². The molecule has 29 heavy (non-hydrogen) atoms. The quantitative estimate of drug-likeness (QED) is 0.552. The maximum Gasteiger partial charge on any atom is 0.291 e. The van der Waals surface area contributed by atoms with Crippen molar-refractivity contribution < 1.29 is 14.0 Å². The Morgan fingerprint density at radius 1 is 1.17 bits per heavy atom. The summed E-state index contributed by atoms with van der Waals surface area (Å²) in [5.41, 5.74) is 1.52. The van der Waals surface area contributed by atoms with E-state index in [1.807, 2.05) is 43.8 Å². The van der Waals surface area contributed by atoms with Crippen LogP contribution in [0.15, 0.2) is 58.4 Å². The summed E-state index contributed by atoms with van der Waals surface area (Å²) in [7, 11) is 1.93. The van der Waals surface area contributed by atoms with E-state index in [0.29, 0.717) is 23.6 Å². The van der Waals surface area contributed by atoms with Crippen LogP contribution in [0.3, 0.4) is 0 Å². The molecular formula is C21H24N4O3S. The molecule has 2 aromatic heterocycles. The predicted octanol–water partition coefficient (Wildman–Crippen LogP) is 3.62. The van der Waals surface area contributed by atoms with Gasteiger partial charge in [-0.1, -0.05) is 23.9 Å². The third kappa shape index (κ3) is 5.99. The van der Waals surface area contributed by atoms with E-state index in [2.05, 4.69) is 15.6 Å². The van der Waals surface area contributed by atoms with Gasteiger partial charge in [-0.25, -0.2) is 4.98 Å². The van der Waals surface area contributed by atoms with Gasteiger partial charge in [-0.2, -0.15) is 0 Å². The van der Waals surface area contributed by atoms with Gasteiger partial charge in [-0.15, -0.1) is 0 Å². The minimum Gasteiger partial charge on any atom is -0.455 e. The summed E-state index contributed by atoms with van der Waals surface area (Å²) in [5, 5.41) is 6.55. The molecule has 2 amide bonds. The lowest BCUT2D eigenvalue weighted by atomic mass is 10.1. The molecule has 8 heteroatoms. The van der Waals surface area contributed by atoms with Crippen molar-refractivity contribution in [1.29, 1.82) is 0 Å². The molecule has 0 saturated heterocycles. The minimum absolute atomic E-state index is 0.0247. The number of nitrogens with zero attached hydrogens (tertiary/aromatic N) is 2. The molecule has 2 heterocycles. The molecule has 0 spiro atoms. The molecule has 7 nitrogen and oxygen atoms in total. The van der Waals surface area contributed by atoms with Crippen LogP contribution in [-0.4, -0.2) is 27.4 Å². The molecule has 0 radical (unpaired) electrons. The summed E-state index contributed by atoms with van der Waals surface area (Å²) in [4.78, 5) is 28.5. The van der Waals surface area contributed by atoms with Crippen LogP contribution in [0.2, 0.25) is 0 Å². The number of amides is 2. The minimum atomic E-state index is -0.316. The number of hydrogen-bond donors (Lipinski definition) is 2. The number of furan rings is 1. The van der Waals surface area contributed by atoms with E-state index in [-0.39, 0.29) is 23.6 Å². The zero-order valence-corrected chi connectivity index (χ0v) is 17.5. The Hall–Kier alpha value is -3.00. The number of thioether (sulfide) groups is 1. The van der Waals surface area contributed by atoms with Crippen LogP contribution >= 0.6 is 11.8 Å². The number of carbonyl (C=O) groups is 2. The van der Waals surface area contributed by atoms with Gasteiger partial charge in [-0.3, -0.25) is 9.59 Å². The highest BCUT2D eigenvalue weighted by Gasteiger charge is 2.13. The molecule has 0 fully saturated rings. The molecule has 0 saturated carbocycles. The zero-order valence-electron chi connectivity index (χ0n) is 16.6. The van der Waals surface area contributed by atoms with Crippen molar-refractivity contribution in [3.63, 3.8) is 0 Å². The van der Waals surface area contributed by atoms with Crippen molar-refractivity contribution in [3.8, 4) is 0 Å². The van der Waals surface area contributed by atoms with Crippen molar-refractivity contribution >= 4 is 29.3 Å². The molecule has 0 aliphatic rings. The zero-order chi connectivity index (χ0) is 20.8. The topological polar surface area (TPSA) is 89.2 Å². The van der Waals surface area contributed by atoms with Crippen LogP contribution in [0.4, 0.5) is 5.69 Å². The number of aryl methyl sites for hydroxylation is 1. The molecule has 2 N–H and O–H groups in total. The Labute approximate surface area is 173 Å². The largest absolute Gasteiger partial charge is 0.455 e. The first-order valence-electron chi connectivity index (χ1n) is 9.29. The summed E-state index contributed by atoms with van der Waals surface area (Å²) >= 11 is 1.54. The summed E-state index contributed by atoms with van der Waals surface area (Å²) < 4.78 is 7.57. The molecule has 3 rings (SSSR count). The molecule has 152 valence electrons. The highest BCUT2D eigenvalue weighted by atomic mass is 32.2. The summed E-state index contributed by atoms with van der Waals surface area (Å²) in [6.07, 6.45) is 3.93. The van der Waals surface area contributed by atoms with Gasteiger partial charge < -0.3 is 19.6 Å². The second-order valence-corrected chi connectivity index (χ2v) is 7.87. The molecule has 0 unspecified atom stereocenters. The van der Waals surface area contributed by atoms with E-state index in [1.165, 1.54) is 11.8 Å². The molecule has 0 aliphatic carbocycles. The second kappa shape index (κ2) is 9.47.